The Hall–Kier alpha value is -0.910. The van der Waals surface area contributed by atoms with Gasteiger partial charge in [0, 0.05) is 11.5 Å². The largest absolute Gasteiger partial charge is 0.432 e. The molecular formula is C13H20O5. The third-order valence-electron chi connectivity index (χ3n) is 2.61. The quantitative estimate of drug-likeness (QED) is 0.333. The predicted octanol–water partition coefficient (Wildman–Crippen LogP) is 1.97. The molecule has 2 aliphatic heterocycles. The molecule has 5 heteroatoms. The van der Waals surface area contributed by atoms with Crippen LogP contribution >= 0.6 is 0 Å². The number of carbonyl (C=O) groups is 1. The van der Waals surface area contributed by atoms with Crippen molar-refractivity contribution >= 4 is 5.97 Å². The first kappa shape index (κ1) is 13.5. The van der Waals surface area contributed by atoms with Crippen molar-refractivity contribution in [2.75, 3.05) is 0 Å². The van der Waals surface area contributed by atoms with E-state index < -0.39 is 18.5 Å². The Morgan fingerprint density at radius 3 is 2.33 bits per heavy atom. The van der Waals surface area contributed by atoms with Crippen LogP contribution < -0.4 is 0 Å². The average molecular weight is 256 g/mol. The van der Waals surface area contributed by atoms with E-state index in [0.29, 0.717) is 0 Å². The maximum absolute atomic E-state index is 11.6. The Kier molecular flexibility index (Phi) is 3.49. The lowest BCUT2D eigenvalue weighted by molar-refractivity contribution is -0.294. The Balaban J connectivity index is 1.92. The fraction of sp³-hybridized carbons (Fsp3) is 0.769. The summed E-state index contributed by atoms with van der Waals surface area (Å²) < 4.78 is 21.3. The van der Waals surface area contributed by atoms with E-state index >= 15 is 0 Å². The van der Waals surface area contributed by atoms with Crippen molar-refractivity contribution in [1.29, 1.82) is 0 Å². The van der Waals surface area contributed by atoms with Crippen LogP contribution in [0, 0.1) is 5.41 Å². The van der Waals surface area contributed by atoms with E-state index in [1.54, 1.807) is 0 Å². The third-order valence-corrected chi connectivity index (χ3v) is 2.61. The van der Waals surface area contributed by atoms with E-state index in [1.807, 2.05) is 34.6 Å². The molecule has 0 bridgehead atoms. The minimum atomic E-state index is -0.657. The molecule has 0 N–H and O–H groups in total. The molecule has 4 unspecified atom stereocenters. The fourth-order valence-corrected chi connectivity index (χ4v) is 1.55. The van der Waals surface area contributed by atoms with E-state index in [4.69, 9.17) is 18.9 Å². The lowest BCUT2D eigenvalue weighted by Gasteiger charge is -2.33. The maximum Gasteiger partial charge on any atom is 0.333 e. The number of allylic oxidation sites excluding steroid dienone is 1. The second-order valence-electron chi connectivity index (χ2n) is 5.97. The van der Waals surface area contributed by atoms with Gasteiger partial charge in [-0.15, -0.1) is 0 Å². The van der Waals surface area contributed by atoms with Crippen molar-refractivity contribution in [3.8, 4) is 0 Å². The Morgan fingerprint density at radius 2 is 1.94 bits per heavy atom. The van der Waals surface area contributed by atoms with E-state index in [2.05, 4.69) is 0 Å². The second kappa shape index (κ2) is 4.64. The van der Waals surface area contributed by atoms with E-state index in [-0.39, 0.29) is 17.8 Å². The van der Waals surface area contributed by atoms with Gasteiger partial charge in [0.1, 0.15) is 0 Å². The molecule has 0 aromatic carbocycles. The van der Waals surface area contributed by atoms with Gasteiger partial charge in [0.2, 0.25) is 6.29 Å². The molecule has 102 valence electrons. The van der Waals surface area contributed by atoms with Gasteiger partial charge in [0.05, 0.1) is 0 Å². The summed E-state index contributed by atoms with van der Waals surface area (Å²) in [5.74, 6) is -0.400. The zero-order valence-electron chi connectivity index (χ0n) is 11.4. The Labute approximate surface area is 107 Å². The summed E-state index contributed by atoms with van der Waals surface area (Å²) in [6, 6.07) is 0. The molecule has 5 nitrogen and oxygen atoms in total. The standard InChI is InChI=1S/C13H20O5/c1-7(2)6-8(14)15-12(13(3,4)5)18-11-9-10(16-9)17-11/h6,9-12H,1-5H3. The molecule has 2 heterocycles. The highest BCUT2D eigenvalue weighted by molar-refractivity contribution is 5.82. The third kappa shape index (κ3) is 3.10. The number of rotatable bonds is 4. The molecule has 4 atom stereocenters. The van der Waals surface area contributed by atoms with Crippen LogP contribution in [-0.4, -0.2) is 30.9 Å². The van der Waals surface area contributed by atoms with Gasteiger partial charge in [-0.05, 0) is 13.8 Å². The lowest BCUT2D eigenvalue weighted by atomic mass is 9.96. The van der Waals surface area contributed by atoms with Gasteiger partial charge in [-0.2, -0.15) is 0 Å². The van der Waals surface area contributed by atoms with E-state index in [9.17, 15) is 4.79 Å². The molecule has 2 saturated heterocycles. The Bertz CT molecular complexity index is 364. The number of hydrogen-bond donors (Lipinski definition) is 0. The highest BCUT2D eigenvalue weighted by Gasteiger charge is 2.60. The number of fused-ring (bicyclic) bond motifs is 1. The van der Waals surface area contributed by atoms with Crippen LogP contribution in [0.5, 0.6) is 0 Å². The van der Waals surface area contributed by atoms with E-state index in [1.165, 1.54) is 6.08 Å². The number of ether oxygens (including phenoxy) is 4. The monoisotopic (exact) mass is 256 g/mol. The van der Waals surface area contributed by atoms with Crippen LogP contribution in [0.3, 0.4) is 0 Å². The molecular weight excluding hydrogens is 236 g/mol. The van der Waals surface area contributed by atoms with Crippen LogP contribution in [0.4, 0.5) is 0 Å². The van der Waals surface area contributed by atoms with Gasteiger partial charge in [0.15, 0.2) is 18.7 Å². The minimum absolute atomic E-state index is 0.0111. The van der Waals surface area contributed by atoms with Crippen molar-refractivity contribution in [2.45, 2.75) is 59.6 Å². The van der Waals surface area contributed by atoms with Crippen LogP contribution in [0.25, 0.3) is 0 Å². The van der Waals surface area contributed by atoms with Crippen LogP contribution in [-0.2, 0) is 23.7 Å². The zero-order valence-corrected chi connectivity index (χ0v) is 11.4. The number of hydrogen-bond acceptors (Lipinski definition) is 5. The van der Waals surface area contributed by atoms with Gasteiger partial charge in [0.25, 0.3) is 0 Å². The summed E-state index contributed by atoms with van der Waals surface area (Å²) in [4.78, 5) is 11.6. The zero-order chi connectivity index (χ0) is 13.5. The molecule has 0 amide bonds. The molecule has 0 aliphatic carbocycles. The molecule has 18 heavy (non-hydrogen) atoms. The summed E-state index contributed by atoms with van der Waals surface area (Å²) in [5, 5.41) is 0. The van der Waals surface area contributed by atoms with Gasteiger partial charge < -0.3 is 18.9 Å². The first-order valence-electron chi connectivity index (χ1n) is 6.09. The highest BCUT2D eigenvalue weighted by Crippen LogP contribution is 2.42. The molecule has 2 aliphatic rings. The minimum Gasteiger partial charge on any atom is -0.432 e. The summed E-state index contributed by atoms with van der Waals surface area (Å²) in [6.45, 7) is 9.50. The van der Waals surface area contributed by atoms with Crippen molar-refractivity contribution < 1.29 is 23.7 Å². The molecule has 0 aromatic heterocycles. The molecule has 2 rings (SSSR count). The Morgan fingerprint density at radius 1 is 1.28 bits per heavy atom. The topological polar surface area (TPSA) is 57.3 Å². The molecule has 2 fully saturated rings. The van der Waals surface area contributed by atoms with Gasteiger partial charge in [-0.3, -0.25) is 0 Å². The van der Waals surface area contributed by atoms with Crippen molar-refractivity contribution in [3.05, 3.63) is 11.6 Å². The molecule has 0 saturated carbocycles. The fourth-order valence-electron chi connectivity index (χ4n) is 1.55. The summed E-state index contributed by atoms with van der Waals surface area (Å²) in [5.41, 5.74) is 0.562. The average Bonchev–Trinajstić information content (AvgIpc) is 2.80. The molecule has 0 spiro atoms. The van der Waals surface area contributed by atoms with Crippen molar-refractivity contribution in [3.63, 3.8) is 0 Å². The van der Waals surface area contributed by atoms with Crippen LogP contribution in [0.2, 0.25) is 0 Å². The van der Waals surface area contributed by atoms with Gasteiger partial charge in [-0.25, -0.2) is 4.79 Å². The van der Waals surface area contributed by atoms with Gasteiger partial charge >= 0.3 is 5.97 Å². The van der Waals surface area contributed by atoms with Gasteiger partial charge in [-0.1, -0.05) is 26.3 Å². The first-order chi connectivity index (χ1) is 8.27. The highest BCUT2D eigenvalue weighted by atomic mass is 16.9. The second-order valence-corrected chi connectivity index (χ2v) is 5.97. The normalized spacial score (nSPS) is 30.8. The van der Waals surface area contributed by atoms with E-state index in [0.717, 1.165) is 5.57 Å². The number of epoxide rings is 1. The summed E-state index contributed by atoms with van der Waals surface area (Å²) in [7, 11) is 0. The maximum atomic E-state index is 11.6. The number of esters is 1. The lowest BCUT2D eigenvalue weighted by Crippen LogP contribution is -2.44. The van der Waals surface area contributed by atoms with Crippen molar-refractivity contribution in [2.24, 2.45) is 5.41 Å². The SMILES string of the molecule is CC(C)=CC(=O)OC(OC1OC2OC21)C(C)(C)C. The van der Waals surface area contributed by atoms with Crippen LogP contribution in [0.15, 0.2) is 11.6 Å². The smallest absolute Gasteiger partial charge is 0.333 e. The van der Waals surface area contributed by atoms with Crippen molar-refractivity contribution in [1.82, 2.24) is 0 Å². The predicted molar refractivity (Wildman–Crippen MR) is 63.4 cm³/mol. The van der Waals surface area contributed by atoms with Crippen LogP contribution in [0.1, 0.15) is 34.6 Å². The number of carbonyl (C=O) groups excluding carboxylic acids is 1. The molecule has 0 aromatic rings. The molecule has 0 radical (unpaired) electrons. The summed E-state index contributed by atoms with van der Waals surface area (Å²) in [6.07, 6.45) is 0.274. The summed E-state index contributed by atoms with van der Waals surface area (Å²) >= 11 is 0. The first-order valence-corrected chi connectivity index (χ1v) is 6.09.